The van der Waals surface area contributed by atoms with Crippen molar-refractivity contribution in [1.82, 2.24) is 20.3 Å². The lowest BCUT2D eigenvalue weighted by Crippen LogP contribution is -2.38. The van der Waals surface area contributed by atoms with Crippen molar-refractivity contribution in [1.29, 1.82) is 0 Å². The molecule has 0 fully saturated rings. The minimum absolute atomic E-state index is 0.0653. The molecule has 0 aliphatic carbocycles. The van der Waals surface area contributed by atoms with E-state index in [0.29, 0.717) is 6.54 Å². The molecule has 7 nitrogen and oxygen atoms in total. The van der Waals surface area contributed by atoms with Gasteiger partial charge < -0.3 is 10.4 Å². The highest BCUT2D eigenvalue weighted by Crippen LogP contribution is 2.22. The monoisotopic (exact) mass is 316 g/mol. The largest absolute Gasteiger partial charge is 0.476 e. The molecule has 2 N–H and O–H groups in total. The van der Waals surface area contributed by atoms with Crippen LogP contribution in [0.3, 0.4) is 0 Å². The van der Waals surface area contributed by atoms with Crippen LogP contribution in [0.1, 0.15) is 35.5 Å². The van der Waals surface area contributed by atoms with Crippen molar-refractivity contribution in [2.24, 2.45) is 0 Å². The highest BCUT2D eigenvalue weighted by atomic mass is 16.4. The van der Waals surface area contributed by atoms with E-state index in [1.54, 1.807) is 0 Å². The number of rotatable bonds is 6. The van der Waals surface area contributed by atoms with Crippen LogP contribution in [0, 0.1) is 6.92 Å². The minimum atomic E-state index is -1.17. The Labute approximate surface area is 134 Å². The van der Waals surface area contributed by atoms with Crippen molar-refractivity contribution in [2.75, 3.05) is 6.54 Å². The molecular weight excluding hydrogens is 296 g/mol. The molecule has 0 unspecified atom stereocenters. The lowest BCUT2D eigenvalue weighted by Gasteiger charge is -2.26. The van der Waals surface area contributed by atoms with Crippen LogP contribution in [0.25, 0.3) is 0 Å². The fraction of sp³-hybridized carbons (Fsp3) is 0.375. The van der Waals surface area contributed by atoms with Gasteiger partial charge in [0.1, 0.15) is 6.54 Å². The van der Waals surface area contributed by atoms with Crippen LogP contribution in [-0.4, -0.2) is 38.5 Å². The van der Waals surface area contributed by atoms with E-state index >= 15 is 0 Å². The topological polar surface area (TPSA) is 97.1 Å². The summed E-state index contributed by atoms with van der Waals surface area (Å²) in [4.78, 5) is 22.7. The number of aryl methyl sites for hydroxylation is 1. The highest BCUT2D eigenvalue weighted by Gasteiger charge is 2.21. The summed E-state index contributed by atoms with van der Waals surface area (Å²) in [5, 5.41) is 18.7. The van der Waals surface area contributed by atoms with Gasteiger partial charge in [0.05, 0.1) is 6.20 Å². The van der Waals surface area contributed by atoms with E-state index in [0.717, 1.165) is 5.56 Å². The van der Waals surface area contributed by atoms with Crippen LogP contribution < -0.4 is 5.32 Å². The van der Waals surface area contributed by atoms with Crippen molar-refractivity contribution >= 4 is 11.9 Å². The van der Waals surface area contributed by atoms with Crippen molar-refractivity contribution < 1.29 is 14.7 Å². The number of nitrogens with one attached hydrogen (secondary N) is 1. The molecule has 0 spiro atoms. The van der Waals surface area contributed by atoms with Gasteiger partial charge in [-0.1, -0.05) is 48.9 Å². The first-order valence-electron chi connectivity index (χ1n) is 7.25. The minimum Gasteiger partial charge on any atom is -0.476 e. The average molecular weight is 316 g/mol. The van der Waals surface area contributed by atoms with E-state index in [1.165, 1.54) is 16.4 Å². The fourth-order valence-corrected chi connectivity index (χ4v) is 2.16. The molecule has 23 heavy (non-hydrogen) atoms. The lowest BCUT2D eigenvalue weighted by molar-refractivity contribution is -0.122. The molecule has 7 heteroatoms. The number of aromatic carboxylic acids is 1. The molecule has 0 saturated carbocycles. The molecule has 0 radical (unpaired) electrons. The van der Waals surface area contributed by atoms with Gasteiger partial charge in [-0.2, -0.15) is 0 Å². The molecule has 1 heterocycles. The Bertz CT molecular complexity index is 722. The number of nitrogens with zero attached hydrogens (tertiary/aromatic N) is 3. The predicted octanol–water partition coefficient (Wildman–Crippen LogP) is 1.38. The number of carbonyl (C=O) groups excluding carboxylic acids is 1. The smallest absolute Gasteiger partial charge is 0.358 e. The maximum Gasteiger partial charge on any atom is 0.358 e. The first kappa shape index (κ1) is 16.7. The van der Waals surface area contributed by atoms with Crippen LogP contribution in [-0.2, 0) is 16.8 Å². The second-order valence-corrected chi connectivity index (χ2v) is 6.14. The van der Waals surface area contributed by atoms with E-state index in [-0.39, 0.29) is 23.6 Å². The van der Waals surface area contributed by atoms with Gasteiger partial charge in [-0.3, -0.25) is 4.79 Å². The fourth-order valence-electron chi connectivity index (χ4n) is 2.16. The zero-order valence-corrected chi connectivity index (χ0v) is 13.4. The van der Waals surface area contributed by atoms with E-state index in [1.807, 2.05) is 25.1 Å². The molecule has 0 bridgehead atoms. The van der Waals surface area contributed by atoms with Crippen molar-refractivity contribution in [2.45, 2.75) is 32.7 Å². The van der Waals surface area contributed by atoms with Crippen molar-refractivity contribution in [3.63, 3.8) is 0 Å². The number of hydrogen-bond donors (Lipinski definition) is 2. The van der Waals surface area contributed by atoms with Crippen LogP contribution >= 0.6 is 0 Å². The molecule has 0 aliphatic rings. The predicted molar refractivity (Wildman–Crippen MR) is 84.2 cm³/mol. The van der Waals surface area contributed by atoms with Crippen LogP contribution in [0.15, 0.2) is 30.5 Å². The number of benzene rings is 1. The Hall–Kier alpha value is -2.70. The molecule has 2 rings (SSSR count). The zero-order chi connectivity index (χ0) is 17.0. The van der Waals surface area contributed by atoms with Crippen LogP contribution in [0.4, 0.5) is 0 Å². The van der Waals surface area contributed by atoms with Gasteiger partial charge in [0, 0.05) is 12.0 Å². The maximum atomic E-state index is 12.0. The van der Waals surface area contributed by atoms with Crippen LogP contribution in [0.2, 0.25) is 0 Å². The number of carboxylic acids is 1. The summed E-state index contributed by atoms with van der Waals surface area (Å²) in [5.41, 5.74) is 1.92. The normalized spacial score (nSPS) is 11.3. The summed E-state index contributed by atoms with van der Waals surface area (Å²) in [6.45, 7) is 6.54. The Morgan fingerprint density at radius 2 is 2.09 bits per heavy atom. The third-order valence-electron chi connectivity index (χ3n) is 3.59. The number of carbonyl (C=O) groups is 2. The van der Waals surface area contributed by atoms with Gasteiger partial charge in [0.15, 0.2) is 5.69 Å². The first-order chi connectivity index (χ1) is 10.8. The standard InChI is InChI=1S/C16H20N4O3/c1-11-5-4-6-12(7-11)16(2,3)10-17-14(21)9-20-8-13(15(22)23)18-19-20/h4-8H,9-10H2,1-3H3,(H,17,21)(H,22,23). The molecule has 0 saturated heterocycles. The summed E-state index contributed by atoms with van der Waals surface area (Å²) in [5.74, 6) is -1.41. The number of aromatic nitrogens is 3. The quantitative estimate of drug-likeness (QED) is 0.839. The van der Waals surface area contributed by atoms with Gasteiger partial charge in [0.25, 0.3) is 0 Å². The van der Waals surface area contributed by atoms with Gasteiger partial charge in [-0.15, -0.1) is 5.10 Å². The van der Waals surface area contributed by atoms with Gasteiger partial charge in [-0.05, 0) is 12.5 Å². The van der Waals surface area contributed by atoms with Crippen molar-refractivity contribution in [3.8, 4) is 0 Å². The van der Waals surface area contributed by atoms with E-state index in [4.69, 9.17) is 5.11 Å². The number of hydrogen-bond acceptors (Lipinski definition) is 4. The third kappa shape index (κ3) is 4.38. The van der Waals surface area contributed by atoms with Gasteiger partial charge >= 0.3 is 5.97 Å². The van der Waals surface area contributed by atoms with Gasteiger partial charge in [-0.25, -0.2) is 9.48 Å². The van der Waals surface area contributed by atoms with E-state index in [2.05, 4.69) is 35.5 Å². The second kappa shape index (κ2) is 6.60. The SMILES string of the molecule is Cc1cccc(C(C)(C)CNC(=O)Cn2cc(C(=O)O)nn2)c1. The Kier molecular flexibility index (Phi) is 4.78. The third-order valence-corrected chi connectivity index (χ3v) is 3.59. The molecule has 1 aromatic heterocycles. The summed E-state index contributed by atoms with van der Waals surface area (Å²) in [7, 11) is 0. The first-order valence-corrected chi connectivity index (χ1v) is 7.25. The molecule has 0 atom stereocenters. The molecule has 0 aliphatic heterocycles. The summed E-state index contributed by atoms with van der Waals surface area (Å²) < 4.78 is 1.21. The Balaban J connectivity index is 1.93. The average Bonchev–Trinajstić information content (AvgIpc) is 2.94. The molecule has 122 valence electrons. The molecule has 2 aromatic rings. The Morgan fingerprint density at radius 1 is 1.35 bits per heavy atom. The molecule has 1 aromatic carbocycles. The van der Waals surface area contributed by atoms with E-state index in [9.17, 15) is 9.59 Å². The second-order valence-electron chi connectivity index (χ2n) is 6.14. The zero-order valence-electron chi connectivity index (χ0n) is 13.4. The summed E-state index contributed by atoms with van der Waals surface area (Å²) in [6.07, 6.45) is 1.23. The highest BCUT2D eigenvalue weighted by molar-refractivity contribution is 5.84. The van der Waals surface area contributed by atoms with Crippen molar-refractivity contribution in [3.05, 3.63) is 47.3 Å². The molecule has 1 amide bonds. The maximum absolute atomic E-state index is 12.0. The van der Waals surface area contributed by atoms with E-state index < -0.39 is 5.97 Å². The van der Waals surface area contributed by atoms with Gasteiger partial charge in [0.2, 0.25) is 5.91 Å². The van der Waals surface area contributed by atoms with Crippen LogP contribution in [0.5, 0.6) is 0 Å². The lowest BCUT2D eigenvalue weighted by atomic mass is 9.84. The summed E-state index contributed by atoms with van der Waals surface area (Å²) >= 11 is 0. The summed E-state index contributed by atoms with van der Waals surface area (Å²) in [6, 6.07) is 8.17. The number of amides is 1. The number of carboxylic acid groups (broad SMARTS) is 1. The Morgan fingerprint density at radius 3 is 2.70 bits per heavy atom. The molecular formula is C16H20N4O3.